The predicted molar refractivity (Wildman–Crippen MR) is 113 cm³/mol. The Morgan fingerprint density at radius 2 is 2.07 bits per heavy atom. The van der Waals surface area contributed by atoms with Crippen LogP contribution < -0.4 is 15.8 Å². The first-order chi connectivity index (χ1) is 14.3. The number of amides is 2. The van der Waals surface area contributed by atoms with E-state index in [4.69, 9.17) is 10.5 Å². The van der Waals surface area contributed by atoms with E-state index in [2.05, 4.69) is 10.3 Å². The molecule has 7 heteroatoms. The standard InChI is InChI=1S/C23H30N4O3/c1-23(2)11-20(28)27(22(24)26-23)12-14-9-16(14)21(29)25-17-10-19(13-7-8-13)30-18-6-4-3-5-15(17)18/h3-6,13-14,16-17,19H,7-12H2,1-2H3,(H2,24,26)(H,25,29)/t14-,16+,17-,19?/m0/s1. The van der Waals surface area contributed by atoms with Gasteiger partial charge in [-0.05, 0) is 51.0 Å². The molecule has 2 amide bonds. The van der Waals surface area contributed by atoms with Gasteiger partial charge in [-0.25, -0.2) is 4.99 Å². The molecule has 30 heavy (non-hydrogen) atoms. The molecule has 2 saturated carbocycles. The number of aliphatic imine (C=N–C) groups is 1. The maximum atomic E-state index is 13.0. The molecule has 4 atom stereocenters. The molecule has 5 rings (SSSR count). The molecule has 0 spiro atoms. The van der Waals surface area contributed by atoms with Crippen LogP contribution in [0.25, 0.3) is 0 Å². The molecule has 1 unspecified atom stereocenters. The number of carbonyl (C=O) groups is 2. The van der Waals surface area contributed by atoms with Crippen LogP contribution in [0.15, 0.2) is 29.3 Å². The van der Waals surface area contributed by atoms with Crippen LogP contribution in [0.2, 0.25) is 0 Å². The molecule has 0 radical (unpaired) electrons. The number of nitrogens with zero attached hydrogens (tertiary/aromatic N) is 2. The van der Waals surface area contributed by atoms with Crippen molar-refractivity contribution in [3.8, 4) is 5.75 Å². The maximum absolute atomic E-state index is 13.0. The second-order valence-electron chi connectivity index (χ2n) is 9.89. The fraction of sp³-hybridized carbons (Fsp3) is 0.609. The Balaban J connectivity index is 1.22. The summed E-state index contributed by atoms with van der Waals surface area (Å²) in [6.07, 6.45) is 4.56. The lowest BCUT2D eigenvalue weighted by Gasteiger charge is -2.33. The summed E-state index contributed by atoms with van der Waals surface area (Å²) >= 11 is 0. The van der Waals surface area contributed by atoms with Crippen LogP contribution in [0, 0.1) is 17.8 Å². The van der Waals surface area contributed by atoms with Crippen LogP contribution in [0.4, 0.5) is 0 Å². The molecule has 0 saturated heterocycles. The van der Waals surface area contributed by atoms with Crippen molar-refractivity contribution in [2.75, 3.05) is 6.54 Å². The van der Waals surface area contributed by atoms with E-state index < -0.39 is 5.54 Å². The largest absolute Gasteiger partial charge is 0.490 e. The average Bonchev–Trinajstić information content (AvgIpc) is 3.58. The summed E-state index contributed by atoms with van der Waals surface area (Å²) in [5.74, 6) is 1.90. The third kappa shape index (κ3) is 3.77. The minimum atomic E-state index is -0.452. The third-order valence-electron chi connectivity index (χ3n) is 6.76. The highest BCUT2D eigenvalue weighted by atomic mass is 16.5. The van der Waals surface area contributed by atoms with Crippen molar-refractivity contribution in [1.82, 2.24) is 10.2 Å². The molecular weight excluding hydrogens is 380 g/mol. The lowest BCUT2D eigenvalue weighted by atomic mass is 9.94. The van der Waals surface area contributed by atoms with Crippen molar-refractivity contribution in [1.29, 1.82) is 0 Å². The van der Waals surface area contributed by atoms with E-state index in [0.717, 1.165) is 24.2 Å². The second kappa shape index (κ2) is 7.00. The highest BCUT2D eigenvalue weighted by Gasteiger charge is 2.47. The van der Waals surface area contributed by atoms with E-state index in [1.54, 1.807) is 4.90 Å². The molecule has 2 heterocycles. The normalized spacial score (nSPS) is 32.0. The highest BCUT2D eigenvalue weighted by molar-refractivity contribution is 5.99. The van der Waals surface area contributed by atoms with E-state index in [1.807, 2.05) is 38.1 Å². The number of nitrogens with one attached hydrogen (secondary N) is 1. The van der Waals surface area contributed by atoms with Crippen LogP contribution in [-0.4, -0.2) is 40.9 Å². The lowest BCUT2D eigenvalue weighted by molar-refractivity contribution is -0.130. The first-order valence-electron chi connectivity index (χ1n) is 11.0. The molecule has 0 bridgehead atoms. The molecule has 7 nitrogen and oxygen atoms in total. The topological polar surface area (TPSA) is 97.0 Å². The minimum Gasteiger partial charge on any atom is -0.490 e. The van der Waals surface area contributed by atoms with Gasteiger partial charge in [0.2, 0.25) is 11.8 Å². The van der Waals surface area contributed by atoms with Crippen LogP contribution in [0.5, 0.6) is 5.75 Å². The summed E-state index contributed by atoms with van der Waals surface area (Å²) in [7, 11) is 0. The number of fused-ring (bicyclic) bond motifs is 1. The van der Waals surface area contributed by atoms with E-state index in [-0.39, 0.29) is 41.8 Å². The summed E-state index contributed by atoms with van der Waals surface area (Å²) < 4.78 is 6.18. The van der Waals surface area contributed by atoms with Gasteiger partial charge in [0.1, 0.15) is 11.9 Å². The number of carbonyl (C=O) groups excluding carboxylic acids is 2. The minimum absolute atomic E-state index is 0.0100. The van der Waals surface area contributed by atoms with Gasteiger partial charge in [-0.1, -0.05) is 18.2 Å². The van der Waals surface area contributed by atoms with Crippen molar-refractivity contribution in [3.63, 3.8) is 0 Å². The third-order valence-corrected chi connectivity index (χ3v) is 6.76. The molecule has 4 aliphatic rings. The number of hydrogen-bond acceptors (Lipinski definition) is 5. The van der Waals surface area contributed by atoms with Crippen molar-refractivity contribution >= 4 is 17.8 Å². The Labute approximate surface area is 177 Å². The van der Waals surface area contributed by atoms with Crippen molar-refractivity contribution < 1.29 is 14.3 Å². The van der Waals surface area contributed by atoms with Gasteiger partial charge in [-0.3, -0.25) is 14.5 Å². The molecule has 1 aromatic carbocycles. The Bertz CT molecular complexity index is 907. The molecule has 160 valence electrons. The molecule has 2 fully saturated rings. The van der Waals surface area contributed by atoms with Gasteiger partial charge < -0.3 is 15.8 Å². The fourth-order valence-electron chi connectivity index (χ4n) is 4.82. The monoisotopic (exact) mass is 410 g/mol. The Morgan fingerprint density at radius 3 is 2.80 bits per heavy atom. The van der Waals surface area contributed by atoms with Crippen LogP contribution in [-0.2, 0) is 9.59 Å². The number of nitrogens with two attached hydrogens (primary N) is 1. The van der Waals surface area contributed by atoms with Gasteiger partial charge in [0, 0.05) is 24.4 Å². The zero-order valence-corrected chi connectivity index (χ0v) is 17.6. The van der Waals surface area contributed by atoms with Crippen LogP contribution >= 0.6 is 0 Å². The van der Waals surface area contributed by atoms with Crippen molar-refractivity contribution in [2.45, 2.75) is 63.6 Å². The Hall–Kier alpha value is -2.57. The van der Waals surface area contributed by atoms with E-state index in [9.17, 15) is 9.59 Å². The number of rotatable bonds is 5. The number of hydrogen-bond donors (Lipinski definition) is 2. The summed E-state index contributed by atoms with van der Waals surface area (Å²) in [5, 5.41) is 3.27. The average molecular weight is 411 g/mol. The van der Waals surface area contributed by atoms with Gasteiger partial charge in [-0.15, -0.1) is 0 Å². The predicted octanol–water partition coefficient (Wildman–Crippen LogP) is 2.37. The lowest BCUT2D eigenvalue weighted by Crippen LogP contribution is -2.50. The molecule has 1 aromatic rings. The number of benzene rings is 1. The molecule has 3 N–H and O–H groups in total. The van der Waals surface area contributed by atoms with Crippen LogP contribution in [0.1, 0.15) is 57.6 Å². The maximum Gasteiger partial charge on any atom is 0.231 e. The summed E-state index contributed by atoms with van der Waals surface area (Å²) in [5.41, 5.74) is 6.64. The van der Waals surface area contributed by atoms with Crippen molar-refractivity contribution in [2.24, 2.45) is 28.5 Å². The Morgan fingerprint density at radius 1 is 1.30 bits per heavy atom. The van der Waals surface area contributed by atoms with Gasteiger partial charge in [0.15, 0.2) is 5.96 Å². The van der Waals surface area contributed by atoms with E-state index >= 15 is 0 Å². The highest BCUT2D eigenvalue weighted by Crippen LogP contribution is 2.45. The Kier molecular flexibility index (Phi) is 4.52. The van der Waals surface area contributed by atoms with E-state index in [0.29, 0.717) is 18.9 Å². The first kappa shape index (κ1) is 19.4. The zero-order chi connectivity index (χ0) is 21.0. The smallest absolute Gasteiger partial charge is 0.231 e. The molecule has 2 aliphatic heterocycles. The fourth-order valence-corrected chi connectivity index (χ4v) is 4.82. The number of guanidine groups is 1. The number of ether oxygens (including phenoxy) is 1. The molecular formula is C23H30N4O3. The quantitative estimate of drug-likeness (QED) is 0.779. The van der Waals surface area contributed by atoms with Crippen molar-refractivity contribution in [3.05, 3.63) is 29.8 Å². The van der Waals surface area contributed by atoms with Crippen LogP contribution in [0.3, 0.4) is 0 Å². The SMILES string of the molecule is CC1(C)CC(=O)N(C[C@@H]2C[C@H]2C(=O)N[C@H]2CC(C3CC3)Oc3ccccc32)C(N)=N1. The van der Waals surface area contributed by atoms with E-state index in [1.165, 1.54) is 12.8 Å². The first-order valence-corrected chi connectivity index (χ1v) is 11.0. The van der Waals surface area contributed by atoms with Gasteiger partial charge in [0.25, 0.3) is 0 Å². The number of para-hydroxylation sites is 1. The second-order valence-corrected chi connectivity index (χ2v) is 9.89. The summed E-state index contributed by atoms with van der Waals surface area (Å²) in [4.78, 5) is 31.4. The van der Waals surface area contributed by atoms with Gasteiger partial charge >= 0.3 is 0 Å². The molecule has 2 aliphatic carbocycles. The summed E-state index contributed by atoms with van der Waals surface area (Å²) in [6, 6.07) is 7.99. The summed E-state index contributed by atoms with van der Waals surface area (Å²) in [6.45, 7) is 4.28. The zero-order valence-electron chi connectivity index (χ0n) is 17.6. The van der Waals surface area contributed by atoms with Gasteiger partial charge in [-0.2, -0.15) is 0 Å². The molecule has 0 aromatic heterocycles. The van der Waals surface area contributed by atoms with Gasteiger partial charge in [0.05, 0.1) is 18.0 Å².